The van der Waals surface area contributed by atoms with Crippen molar-refractivity contribution in [2.45, 2.75) is 46.6 Å². The van der Waals surface area contributed by atoms with Gasteiger partial charge in [0.2, 0.25) is 0 Å². The maximum absolute atomic E-state index is 3.62. The predicted molar refractivity (Wildman–Crippen MR) is 54.2 cm³/mol. The van der Waals surface area contributed by atoms with Crippen LogP contribution in [0.5, 0.6) is 0 Å². The van der Waals surface area contributed by atoms with Crippen molar-refractivity contribution in [1.82, 2.24) is 5.32 Å². The second-order valence-corrected chi connectivity index (χ2v) is 4.77. The Hall–Kier alpha value is -0.0400. The Morgan fingerprint density at radius 3 is 2.00 bits per heavy atom. The third-order valence-corrected chi connectivity index (χ3v) is 3.10. The molecule has 0 radical (unpaired) electrons. The lowest BCUT2D eigenvalue weighted by atomic mass is 9.79. The molecule has 0 spiro atoms. The fourth-order valence-electron chi connectivity index (χ4n) is 2.74. The van der Waals surface area contributed by atoms with Crippen molar-refractivity contribution in [2.24, 2.45) is 17.8 Å². The second-order valence-electron chi connectivity index (χ2n) is 4.77. The largest absolute Gasteiger partial charge is 0.314 e. The maximum Gasteiger partial charge on any atom is 0.0101 e. The fourth-order valence-corrected chi connectivity index (χ4v) is 2.74. The minimum Gasteiger partial charge on any atom is -0.314 e. The number of hydrogen-bond acceptors (Lipinski definition) is 1. The summed E-state index contributed by atoms with van der Waals surface area (Å²) in [5, 5.41) is 3.62. The highest BCUT2D eigenvalue weighted by Gasteiger charge is 2.28. The van der Waals surface area contributed by atoms with Crippen LogP contribution in [0.15, 0.2) is 0 Å². The molecule has 0 amide bonds. The lowest BCUT2D eigenvalue weighted by molar-refractivity contribution is 0.223. The van der Waals surface area contributed by atoms with Crippen molar-refractivity contribution >= 4 is 0 Å². The topological polar surface area (TPSA) is 12.0 Å². The van der Waals surface area contributed by atoms with Gasteiger partial charge in [0.15, 0.2) is 0 Å². The molecule has 0 unspecified atom stereocenters. The van der Waals surface area contributed by atoms with Gasteiger partial charge in [0.05, 0.1) is 0 Å². The first-order valence-electron chi connectivity index (χ1n) is 5.36. The van der Waals surface area contributed by atoms with Crippen molar-refractivity contribution in [1.29, 1.82) is 0 Å². The molecule has 1 N–H and O–H groups in total. The molecule has 1 atom stereocenters. The van der Waals surface area contributed by atoms with E-state index in [2.05, 4.69) is 33.0 Å². The van der Waals surface area contributed by atoms with Gasteiger partial charge in [-0.3, -0.25) is 0 Å². The van der Waals surface area contributed by atoms with Crippen molar-refractivity contribution in [2.75, 3.05) is 6.54 Å². The fraction of sp³-hybridized carbons (Fsp3) is 1.00. The normalized spacial score (nSPS) is 24.8. The summed E-state index contributed by atoms with van der Waals surface area (Å²) < 4.78 is 0. The number of rotatable bonds is 3. The molecule has 0 aliphatic carbocycles. The van der Waals surface area contributed by atoms with E-state index in [1.807, 2.05) is 0 Å². The first-order chi connectivity index (χ1) is 5.63. The molecule has 1 rings (SSSR count). The van der Waals surface area contributed by atoms with E-state index in [1.165, 1.54) is 19.4 Å². The van der Waals surface area contributed by atoms with Gasteiger partial charge in [0, 0.05) is 6.04 Å². The average molecular weight is 169 g/mol. The Morgan fingerprint density at radius 1 is 1.08 bits per heavy atom. The smallest absolute Gasteiger partial charge is 0.0101 e. The molecule has 0 saturated carbocycles. The third kappa shape index (κ3) is 2.22. The van der Waals surface area contributed by atoms with E-state index in [0.717, 1.165) is 23.8 Å². The van der Waals surface area contributed by atoms with Crippen molar-refractivity contribution in [3.8, 4) is 0 Å². The van der Waals surface area contributed by atoms with Gasteiger partial charge in [-0.15, -0.1) is 0 Å². The molecule has 1 heterocycles. The highest BCUT2D eigenvalue weighted by atomic mass is 14.9. The van der Waals surface area contributed by atoms with Crippen molar-refractivity contribution in [3.05, 3.63) is 0 Å². The van der Waals surface area contributed by atoms with Crippen LogP contribution in [0.1, 0.15) is 40.5 Å². The molecule has 1 nitrogen and oxygen atoms in total. The molecule has 1 saturated heterocycles. The van der Waals surface area contributed by atoms with Crippen LogP contribution in [0.4, 0.5) is 0 Å². The van der Waals surface area contributed by atoms with E-state index in [1.54, 1.807) is 0 Å². The Bertz CT molecular complexity index is 115. The molecule has 0 aromatic rings. The summed E-state index contributed by atoms with van der Waals surface area (Å²) in [4.78, 5) is 0. The minimum absolute atomic E-state index is 0.796. The van der Waals surface area contributed by atoms with Gasteiger partial charge >= 0.3 is 0 Å². The van der Waals surface area contributed by atoms with Gasteiger partial charge < -0.3 is 5.32 Å². The Morgan fingerprint density at radius 2 is 1.67 bits per heavy atom. The molecule has 1 aliphatic rings. The van der Waals surface area contributed by atoms with E-state index < -0.39 is 0 Å². The van der Waals surface area contributed by atoms with Gasteiger partial charge in [-0.05, 0) is 37.1 Å². The van der Waals surface area contributed by atoms with Gasteiger partial charge in [-0.1, -0.05) is 27.7 Å². The Balaban J connectivity index is 2.52. The van der Waals surface area contributed by atoms with Gasteiger partial charge in [0.25, 0.3) is 0 Å². The van der Waals surface area contributed by atoms with E-state index in [-0.39, 0.29) is 0 Å². The van der Waals surface area contributed by atoms with Crippen LogP contribution in [-0.2, 0) is 0 Å². The van der Waals surface area contributed by atoms with Crippen LogP contribution < -0.4 is 5.32 Å². The predicted octanol–water partition coefficient (Wildman–Crippen LogP) is 2.67. The Kier molecular flexibility index (Phi) is 3.57. The van der Waals surface area contributed by atoms with Gasteiger partial charge in [0.1, 0.15) is 0 Å². The maximum atomic E-state index is 3.62. The molecular weight excluding hydrogens is 146 g/mol. The van der Waals surface area contributed by atoms with Gasteiger partial charge in [-0.2, -0.15) is 0 Å². The average Bonchev–Trinajstić information content (AvgIpc) is 2.37. The first kappa shape index (κ1) is 10.0. The van der Waals surface area contributed by atoms with Crippen LogP contribution in [-0.4, -0.2) is 12.6 Å². The third-order valence-electron chi connectivity index (χ3n) is 3.10. The summed E-state index contributed by atoms with van der Waals surface area (Å²) in [5.74, 6) is 2.51. The molecule has 0 aromatic heterocycles. The molecule has 12 heavy (non-hydrogen) atoms. The zero-order valence-corrected chi connectivity index (χ0v) is 8.93. The quantitative estimate of drug-likeness (QED) is 0.685. The monoisotopic (exact) mass is 169 g/mol. The van der Waals surface area contributed by atoms with Crippen LogP contribution in [0, 0.1) is 17.8 Å². The highest BCUT2D eigenvalue weighted by molar-refractivity contribution is 4.84. The lowest BCUT2D eigenvalue weighted by Crippen LogP contribution is -2.36. The van der Waals surface area contributed by atoms with E-state index in [4.69, 9.17) is 0 Å². The summed E-state index contributed by atoms with van der Waals surface area (Å²) in [5.41, 5.74) is 0. The van der Waals surface area contributed by atoms with Gasteiger partial charge in [-0.25, -0.2) is 0 Å². The summed E-state index contributed by atoms with van der Waals surface area (Å²) >= 11 is 0. The van der Waals surface area contributed by atoms with E-state index in [9.17, 15) is 0 Å². The standard InChI is InChI=1S/C11H23N/c1-8(2)11(9(3)4)10-6-5-7-12-10/h8-12H,5-7H2,1-4H3/t10-/m0/s1. The van der Waals surface area contributed by atoms with E-state index >= 15 is 0 Å². The summed E-state index contributed by atoms with van der Waals surface area (Å²) in [6, 6.07) is 0.796. The molecular formula is C11H23N. The summed E-state index contributed by atoms with van der Waals surface area (Å²) in [6.45, 7) is 10.6. The number of hydrogen-bond donors (Lipinski definition) is 1. The van der Waals surface area contributed by atoms with E-state index in [0.29, 0.717) is 0 Å². The zero-order valence-electron chi connectivity index (χ0n) is 8.93. The van der Waals surface area contributed by atoms with Crippen LogP contribution >= 0.6 is 0 Å². The molecule has 1 fully saturated rings. The molecule has 1 heteroatoms. The second kappa shape index (κ2) is 4.27. The molecule has 0 aromatic carbocycles. The van der Waals surface area contributed by atoms with Crippen molar-refractivity contribution < 1.29 is 0 Å². The van der Waals surface area contributed by atoms with Crippen molar-refractivity contribution in [3.63, 3.8) is 0 Å². The van der Waals surface area contributed by atoms with Crippen LogP contribution in [0.25, 0.3) is 0 Å². The van der Waals surface area contributed by atoms with Crippen LogP contribution in [0.3, 0.4) is 0 Å². The van der Waals surface area contributed by atoms with Crippen LogP contribution in [0.2, 0.25) is 0 Å². The first-order valence-corrected chi connectivity index (χ1v) is 5.36. The SMILES string of the molecule is CC(C)C(C(C)C)[C@@H]1CCCN1. The summed E-state index contributed by atoms with van der Waals surface area (Å²) in [6.07, 6.45) is 2.77. The summed E-state index contributed by atoms with van der Waals surface area (Å²) in [7, 11) is 0. The number of nitrogens with one attached hydrogen (secondary N) is 1. The minimum atomic E-state index is 0.796. The molecule has 1 aliphatic heterocycles. The lowest BCUT2D eigenvalue weighted by Gasteiger charge is -2.30. The zero-order chi connectivity index (χ0) is 9.14. The molecule has 72 valence electrons. The Labute approximate surface area is 76.9 Å². The molecule has 0 bridgehead atoms. The highest BCUT2D eigenvalue weighted by Crippen LogP contribution is 2.28.